The van der Waals surface area contributed by atoms with Crippen LogP contribution >= 0.6 is 22.9 Å². The molecule has 0 atom stereocenters. The van der Waals surface area contributed by atoms with Crippen molar-refractivity contribution in [3.8, 4) is 11.3 Å². The lowest BCUT2D eigenvalue weighted by Crippen LogP contribution is -2.30. The number of likely N-dealkylation sites (N-methyl/N-ethyl adjacent to an activating group) is 1. The molecule has 0 spiro atoms. The summed E-state index contributed by atoms with van der Waals surface area (Å²) in [6.45, 7) is 0.124. The number of hydrogen-bond donors (Lipinski definition) is 0. The highest BCUT2D eigenvalue weighted by Gasteiger charge is 2.18. The van der Waals surface area contributed by atoms with Gasteiger partial charge in [-0.05, 0) is 46.7 Å². The molecule has 0 fully saturated rings. The molecule has 0 saturated carbocycles. The van der Waals surface area contributed by atoms with E-state index in [4.69, 9.17) is 20.8 Å². The smallest absolute Gasteiger partial charge is 0.374 e. The number of esters is 1. The fraction of sp³-hybridized carbons (Fsp3) is 0.158. The van der Waals surface area contributed by atoms with Gasteiger partial charge < -0.3 is 14.1 Å². The van der Waals surface area contributed by atoms with Gasteiger partial charge in [0.2, 0.25) is 5.76 Å². The fourth-order valence-corrected chi connectivity index (χ4v) is 3.20. The summed E-state index contributed by atoms with van der Waals surface area (Å²) >= 11 is 7.68. The molecule has 2 aromatic heterocycles. The molecule has 134 valence electrons. The Morgan fingerprint density at radius 3 is 2.73 bits per heavy atom. The van der Waals surface area contributed by atoms with Gasteiger partial charge >= 0.3 is 5.97 Å². The molecule has 5 nitrogen and oxygen atoms in total. The van der Waals surface area contributed by atoms with E-state index >= 15 is 0 Å². The zero-order valence-electron chi connectivity index (χ0n) is 14.0. The summed E-state index contributed by atoms with van der Waals surface area (Å²) in [5.41, 5.74) is 1.72. The zero-order valence-corrected chi connectivity index (χ0v) is 15.5. The van der Waals surface area contributed by atoms with Crippen molar-refractivity contribution in [3.63, 3.8) is 0 Å². The first-order valence-electron chi connectivity index (χ1n) is 7.81. The molecule has 0 radical (unpaired) electrons. The molecule has 0 bridgehead atoms. The second-order valence-corrected chi connectivity index (χ2v) is 6.79. The van der Waals surface area contributed by atoms with Gasteiger partial charge in [0.1, 0.15) is 5.76 Å². The van der Waals surface area contributed by atoms with E-state index in [1.54, 1.807) is 36.6 Å². The third-order valence-corrected chi connectivity index (χ3v) is 4.76. The summed E-state index contributed by atoms with van der Waals surface area (Å²) < 4.78 is 10.6. The van der Waals surface area contributed by atoms with Crippen LogP contribution < -0.4 is 0 Å². The van der Waals surface area contributed by atoms with Crippen LogP contribution in [0.5, 0.6) is 0 Å². The average Bonchev–Trinajstić information content (AvgIpc) is 3.31. The molecule has 3 rings (SSSR count). The zero-order chi connectivity index (χ0) is 18.5. The number of rotatable bonds is 6. The van der Waals surface area contributed by atoms with Crippen molar-refractivity contribution in [2.24, 2.45) is 0 Å². The number of thiophene rings is 1. The van der Waals surface area contributed by atoms with Crippen LogP contribution in [-0.2, 0) is 16.1 Å². The molecule has 3 aromatic rings. The van der Waals surface area contributed by atoms with Crippen LogP contribution in [0.3, 0.4) is 0 Å². The van der Waals surface area contributed by atoms with Crippen LogP contribution in [0.15, 0.2) is 57.6 Å². The van der Waals surface area contributed by atoms with E-state index in [0.29, 0.717) is 22.9 Å². The monoisotopic (exact) mass is 389 g/mol. The Balaban J connectivity index is 1.57. The minimum Gasteiger partial charge on any atom is -0.450 e. The maximum absolute atomic E-state index is 12.1. The molecule has 1 amide bonds. The number of ether oxygens (including phenoxy) is 1. The minimum absolute atomic E-state index is 0.0215. The number of furan rings is 1. The first-order chi connectivity index (χ1) is 12.5. The third-order valence-electron chi connectivity index (χ3n) is 3.70. The summed E-state index contributed by atoms with van der Waals surface area (Å²) in [5.74, 6) is -0.500. The highest BCUT2D eigenvalue weighted by molar-refractivity contribution is 7.07. The van der Waals surface area contributed by atoms with Crippen LogP contribution in [0.4, 0.5) is 0 Å². The quantitative estimate of drug-likeness (QED) is 0.583. The molecule has 0 aliphatic heterocycles. The molecule has 7 heteroatoms. The summed E-state index contributed by atoms with van der Waals surface area (Å²) in [6.07, 6.45) is 0. The second kappa shape index (κ2) is 8.21. The molecule has 0 N–H and O–H groups in total. The molecule has 0 aliphatic rings. The van der Waals surface area contributed by atoms with Gasteiger partial charge in [0, 0.05) is 19.2 Å². The second-order valence-electron chi connectivity index (χ2n) is 5.60. The van der Waals surface area contributed by atoms with Crippen molar-refractivity contribution >= 4 is 34.8 Å². The van der Waals surface area contributed by atoms with Crippen LogP contribution in [0.2, 0.25) is 5.02 Å². The van der Waals surface area contributed by atoms with Crippen molar-refractivity contribution in [1.29, 1.82) is 0 Å². The SMILES string of the molecule is CN(Cc1ccsc1)C(=O)COC(=O)c1ccc(-c2ccccc2Cl)o1. The Hall–Kier alpha value is -2.57. The lowest BCUT2D eigenvalue weighted by atomic mass is 10.2. The molecule has 0 unspecified atom stereocenters. The van der Waals surface area contributed by atoms with Crippen LogP contribution in [-0.4, -0.2) is 30.4 Å². The van der Waals surface area contributed by atoms with E-state index in [1.165, 1.54) is 11.0 Å². The van der Waals surface area contributed by atoms with Crippen LogP contribution in [0, 0.1) is 0 Å². The number of nitrogens with zero attached hydrogens (tertiary/aromatic N) is 1. The maximum atomic E-state index is 12.1. The van der Waals surface area contributed by atoms with Crippen molar-refractivity contribution in [3.05, 3.63) is 69.6 Å². The number of hydrogen-bond acceptors (Lipinski definition) is 5. The van der Waals surface area contributed by atoms with E-state index in [-0.39, 0.29) is 18.3 Å². The Morgan fingerprint density at radius 1 is 1.19 bits per heavy atom. The minimum atomic E-state index is -0.694. The van der Waals surface area contributed by atoms with Gasteiger partial charge in [0.05, 0.1) is 5.02 Å². The van der Waals surface area contributed by atoms with Gasteiger partial charge in [0.15, 0.2) is 6.61 Å². The van der Waals surface area contributed by atoms with Crippen molar-refractivity contribution in [2.75, 3.05) is 13.7 Å². The Labute approximate surface area is 159 Å². The standard InChI is InChI=1S/C19H16ClNO4S/c1-21(10-13-8-9-26-12-13)18(22)11-24-19(23)17-7-6-16(25-17)14-4-2-3-5-15(14)20/h2-9,12H,10-11H2,1H3. The van der Waals surface area contributed by atoms with E-state index in [9.17, 15) is 9.59 Å². The Morgan fingerprint density at radius 2 is 2.00 bits per heavy atom. The molecule has 0 saturated heterocycles. The predicted molar refractivity (Wildman–Crippen MR) is 100 cm³/mol. The molecule has 26 heavy (non-hydrogen) atoms. The highest BCUT2D eigenvalue weighted by atomic mass is 35.5. The fourth-order valence-electron chi connectivity index (χ4n) is 2.31. The van der Waals surface area contributed by atoms with Crippen molar-refractivity contribution in [1.82, 2.24) is 4.90 Å². The van der Waals surface area contributed by atoms with Crippen LogP contribution in [0.25, 0.3) is 11.3 Å². The van der Waals surface area contributed by atoms with Crippen LogP contribution in [0.1, 0.15) is 16.1 Å². The summed E-state index contributed by atoms with van der Waals surface area (Å²) in [4.78, 5) is 25.7. The predicted octanol–water partition coefficient (Wildman–Crippen LogP) is 4.48. The van der Waals surface area contributed by atoms with Crippen molar-refractivity contribution < 1.29 is 18.7 Å². The number of amides is 1. The Kier molecular flexibility index (Phi) is 5.75. The first kappa shape index (κ1) is 18.2. The van der Waals surface area contributed by atoms with Gasteiger partial charge in [-0.15, -0.1) is 0 Å². The first-order valence-corrected chi connectivity index (χ1v) is 9.13. The van der Waals surface area contributed by atoms with E-state index < -0.39 is 5.97 Å². The summed E-state index contributed by atoms with van der Waals surface area (Å²) in [6, 6.07) is 12.2. The molecular weight excluding hydrogens is 374 g/mol. The lowest BCUT2D eigenvalue weighted by molar-refractivity contribution is -0.133. The summed E-state index contributed by atoms with van der Waals surface area (Å²) in [5, 5.41) is 4.43. The van der Waals surface area contributed by atoms with Gasteiger partial charge in [-0.25, -0.2) is 4.79 Å². The Bertz CT molecular complexity index is 904. The number of benzene rings is 1. The molecule has 1 aromatic carbocycles. The normalized spacial score (nSPS) is 10.5. The molecule has 0 aliphatic carbocycles. The van der Waals surface area contributed by atoms with Gasteiger partial charge in [0.25, 0.3) is 5.91 Å². The molecule has 2 heterocycles. The van der Waals surface area contributed by atoms with Gasteiger partial charge in [-0.1, -0.05) is 23.7 Å². The van der Waals surface area contributed by atoms with Gasteiger partial charge in [-0.2, -0.15) is 11.3 Å². The molecular formula is C19H16ClNO4S. The van der Waals surface area contributed by atoms with E-state index in [0.717, 1.165) is 5.56 Å². The number of halogens is 1. The largest absolute Gasteiger partial charge is 0.450 e. The lowest BCUT2D eigenvalue weighted by Gasteiger charge is -2.16. The number of carbonyl (C=O) groups excluding carboxylic acids is 2. The van der Waals surface area contributed by atoms with Gasteiger partial charge in [-0.3, -0.25) is 4.79 Å². The highest BCUT2D eigenvalue weighted by Crippen LogP contribution is 2.29. The van der Waals surface area contributed by atoms with Crippen molar-refractivity contribution in [2.45, 2.75) is 6.54 Å². The third kappa shape index (κ3) is 4.33. The van der Waals surface area contributed by atoms with E-state index in [1.807, 2.05) is 29.0 Å². The topological polar surface area (TPSA) is 59.8 Å². The summed E-state index contributed by atoms with van der Waals surface area (Å²) in [7, 11) is 1.66. The van der Waals surface area contributed by atoms with E-state index in [2.05, 4.69) is 0 Å². The maximum Gasteiger partial charge on any atom is 0.374 e. The number of carbonyl (C=O) groups is 2. The average molecular weight is 390 g/mol.